The Morgan fingerprint density at radius 2 is 1.71 bits per heavy atom. The normalized spacial score (nSPS) is 8.71. The second-order valence-electron chi connectivity index (χ2n) is 1.70. The number of hydrogen-bond acceptors (Lipinski definition) is 0. The van der Waals surface area contributed by atoms with Gasteiger partial charge < -0.3 is 0 Å². The van der Waals surface area contributed by atoms with Crippen molar-refractivity contribution in [3.8, 4) is 0 Å². The van der Waals surface area contributed by atoms with Crippen LogP contribution in [-0.4, -0.2) is 35.1 Å². The van der Waals surface area contributed by atoms with Crippen molar-refractivity contribution in [2.24, 2.45) is 0 Å². The van der Waals surface area contributed by atoms with Crippen LogP contribution in [0.25, 0.3) is 0 Å². The molecule has 0 saturated heterocycles. The molecule has 0 aliphatic rings. The Kier molecular flexibility index (Phi) is 4.98. The molecule has 0 fully saturated rings. The van der Waals surface area contributed by atoms with Crippen LogP contribution in [0.5, 0.6) is 0 Å². The first-order valence-corrected chi connectivity index (χ1v) is 8.93. The monoisotopic (exact) mass is 223 g/mol. The van der Waals surface area contributed by atoms with Gasteiger partial charge in [-0.25, -0.2) is 0 Å². The van der Waals surface area contributed by atoms with E-state index in [0.29, 0.717) is 0 Å². The predicted octanol–water partition coefficient (Wildman–Crippen LogP) is 1.09. The summed E-state index contributed by atoms with van der Waals surface area (Å²) in [7, 11) is 0. The van der Waals surface area contributed by atoms with E-state index >= 15 is 0 Å². The van der Waals surface area contributed by atoms with Gasteiger partial charge in [0.2, 0.25) is 0 Å². The Hall–Kier alpha value is 1.30. The summed E-state index contributed by atoms with van der Waals surface area (Å²) in [4.78, 5) is 0. The predicted molar refractivity (Wildman–Crippen MR) is 35.6 cm³/mol. The van der Waals surface area contributed by atoms with Crippen molar-refractivity contribution in [3.05, 3.63) is 9.19 Å². The first-order chi connectivity index (χ1) is 3.18. The zero-order valence-corrected chi connectivity index (χ0v) is 8.86. The molecule has 0 heterocycles. The van der Waals surface area contributed by atoms with Gasteiger partial charge in [-0.3, -0.25) is 0 Å². The van der Waals surface area contributed by atoms with E-state index in [1.807, 2.05) is 0 Å². The van der Waals surface area contributed by atoms with E-state index in [1.165, 1.54) is 5.57 Å². The first-order valence-electron chi connectivity index (χ1n) is 2.24. The van der Waals surface area contributed by atoms with Crippen molar-refractivity contribution in [1.82, 2.24) is 0 Å². The molecule has 0 aliphatic carbocycles. The molecule has 0 aromatic carbocycles. The van der Waals surface area contributed by atoms with Gasteiger partial charge in [-0.2, -0.15) is 0 Å². The quantitative estimate of drug-likeness (QED) is 0.581. The molecular formula is C5H9MgTe+. The molecule has 0 aromatic heterocycles. The van der Waals surface area contributed by atoms with Gasteiger partial charge >= 0.3 is 65.1 Å². The molecule has 0 nitrogen and oxygen atoms in total. The molecule has 2 heteroatoms. The summed E-state index contributed by atoms with van der Waals surface area (Å²) in [5.74, 6) is 0. The summed E-state index contributed by atoms with van der Waals surface area (Å²) in [6.07, 6.45) is 0. The van der Waals surface area contributed by atoms with Crippen LogP contribution in [0.3, 0.4) is 0 Å². The maximum absolute atomic E-state index is 2.24. The van der Waals surface area contributed by atoms with Crippen LogP contribution >= 0.6 is 0 Å². The summed E-state index contributed by atoms with van der Waals surface area (Å²) >= 11 is 2.40. The third kappa shape index (κ3) is 3.84. The summed E-state index contributed by atoms with van der Waals surface area (Å²) in [5, 5.41) is 0. The molecule has 7 heavy (non-hydrogen) atoms. The Morgan fingerprint density at radius 1 is 1.29 bits per heavy atom. The molecule has 0 amide bonds. The number of rotatable bonds is 1. The Labute approximate surface area is 64.6 Å². The van der Waals surface area contributed by atoms with Crippen molar-refractivity contribution in [2.75, 3.05) is 0 Å². The molecule has 0 radical (unpaired) electrons. The van der Waals surface area contributed by atoms with Crippen molar-refractivity contribution in [1.29, 1.82) is 0 Å². The van der Waals surface area contributed by atoms with E-state index in [-0.39, 0.29) is 17.2 Å². The Bertz CT molecular complexity index is 82.1. The van der Waals surface area contributed by atoms with Gasteiger partial charge in [-0.05, 0) is 0 Å². The van der Waals surface area contributed by atoms with Gasteiger partial charge in [0, 0.05) is 0 Å². The van der Waals surface area contributed by atoms with E-state index < -0.39 is 0 Å². The molecule has 0 unspecified atom stereocenters. The average Bonchev–Trinajstić information content (AvgIpc) is 1.65. The van der Waals surface area contributed by atoms with Crippen molar-refractivity contribution in [2.45, 2.75) is 20.8 Å². The summed E-state index contributed by atoms with van der Waals surface area (Å²) < 4.78 is 1.66. The molecule has 36 valence electrons. The van der Waals surface area contributed by atoms with Crippen LogP contribution in [0.2, 0.25) is 0 Å². The third-order valence-electron chi connectivity index (χ3n) is 0.921. The van der Waals surface area contributed by atoms with Crippen LogP contribution in [0.4, 0.5) is 0 Å². The zero-order valence-electron chi connectivity index (χ0n) is 5.12. The average molecular weight is 221 g/mol. The van der Waals surface area contributed by atoms with Gasteiger partial charge in [0.1, 0.15) is 0 Å². The molecule has 0 bridgehead atoms. The van der Waals surface area contributed by atoms with Gasteiger partial charge in [0.15, 0.2) is 0 Å². The second kappa shape index (κ2) is 4.20. The molecule has 0 N–H and O–H groups in total. The summed E-state index contributed by atoms with van der Waals surface area (Å²) in [6.45, 7) is 6.62. The summed E-state index contributed by atoms with van der Waals surface area (Å²) in [6, 6.07) is 0. The van der Waals surface area contributed by atoms with Crippen molar-refractivity contribution in [3.63, 3.8) is 0 Å². The van der Waals surface area contributed by atoms with Crippen LogP contribution in [-0.2, 0) is 0 Å². The van der Waals surface area contributed by atoms with E-state index in [2.05, 4.69) is 38.7 Å². The molecule has 0 aromatic rings. The van der Waals surface area contributed by atoms with Crippen LogP contribution < -0.4 is 0 Å². The van der Waals surface area contributed by atoms with E-state index in [0.717, 1.165) is 0 Å². The van der Waals surface area contributed by atoms with Crippen molar-refractivity contribution >= 4 is 35.1 Å². The topological polar surface area (TPSA) is 0 Å². The minimum absolute atomic E-state index is 0.264. The standard InChI is InChI=1S/C5H10Te.Mg/c1-4(2)5(3)6;/h6H,1-3H3;/q;+2/p-1. The fraction of sp³-hybridized carbons (Fsp3) is 0.600. The zero-order chi connectivity index (χ0) is 5.86. The molecule has 0 atom stereocenters. The van der Waals surface area contributed by atoms with E-state index in [9.17, 15) is 0 Å². The fourth-order valence-corrected chi connectivity index (χ4v) is 2.90. The molecule has 0 saturated carbocycles. The SMILES string of the molecule is CC(C)=C(C)[Te][Mg+]. The van der Waals surface area contributed by atoms with Gasteiger partial charge in [0.25, 0.3) is 0 Å². The second-order valence-corrected chi connectivity index (χ2v) is 6.21. The number of allylic oxidation sites excluding steroid dienone is 2. The van der Waals surface area contributed by atoms with Crippen LogP contribution in [0.1, 0.15) is 20.8 Å². The van der Waals surface area contributed by atoms with Crippen LogP contribution in [0.15, 0.2) is 9.19 Å². The van der Waals surface area contributed by atoms with Gasteiger partial charge in [-0.1, -0.05) is 0 Å². The van der Waals surface area contributed by atoms with E-state index in [1.54, 1.807) is 3.62 Å². The van der Waals surface area contributed by atoms with Crippen molar-refractivity contribution < 1.29 is 0 Å². The number of hydrogen-bond donors (Lipinski definition) is 0. The molecule has 0 aliphatic heterocycles. The first kappa shape index (κ1) is 8.30. The third-order valence-corrected chi connectivity index (χ3v) is 6.23. The molecular weight excluding hydrogens is 212 g/mol. The fourth-order valence-electron chi connectivity index (χ4n) is 0.144. The minimum atomic E-state index is 0.264. The Balaban J connectivity index is 3.72. The van der Waals surface area contributed by atoms with E-state index in [4.69, 9.17) is 0 Å². The molecule has 0 rings (SSSR count). The van der Waals surface area contributed by atoms with Crippen LogP contribution in [0, 0.1) is 0 Å². The molecule has 0 spiro atoms. The van der Waals surface area contributed by atoms with Gasteiger partial charge in [-0.15, -0.1) is 0 Å². The summed E-state index contributed by atoms with van der Waals surface area (Å²) in [5.41, 5.74) is 1.53. The maximum atomic E-state index is 2.24. The van der Waals surface area contributed by atoms with Gasteiger partial charge in [0.05, 0.1) is 0 Å². The Morgan fingerprint density at radius 3 is 1.71 bits per heavy atom.